The first-order chi connectivity index (χ1) is 13.9. The van der Waals surface area contributed by atoms with Crippen molar-refractivity contribution >= 4 is 38.2 Å². The van der Waals surface area contributed by atoms with E-state index in [1.807, 2.05) is 12.1 Å². The van der Waals surface area contributed by atoms with Gasteiger partial charge in [-0.05, 0) is 48.7 Å². The molecule has 1 aliphatic rings. The topological polar surface area (TPSA) is 75.2 Å². The van der Waals surface area contributed by atoms with Gasteiger partial charge >= 0.3 is 0 Å². The third kappa shape index (κ3) is 4.86. The minimum atomic E-state index is -3.28. The molecule has 29 heavy (non-hydrogen) atoms. The first kappa shape index (κ1) is 20.1. The van der Waals surface area contributed by atoms with Crippen LogP contribution in [-0.4, -0.2) is 48.7 Å². The van der Waals surface area contributed by atoms with Gasteiger partial charge in [-0.1, -0.05) is 23.7 Å². The number of sulfone groups is 1. The molecule has 8 heteroatoms. The Kier molecular flexibility index (Phi) is 5.72. The van der Waals surface area contributed by atoms with Gasteiger partial charge < -0.3 is 5.32 Å². The second kappa shape index (κ2) is 8.26. The van der Waals surface area contributed by atoms with Crippen molar-refractivity contribution in [3.63, 3.8) is 0 Å². The van der Waals surface area contributed by atoms with Crippen molar-refractivity contribution in [3.8, 4) is 0 Å². The summed E-state index contributed by atoms with van der Waals surface area (Å²) in [5.74, 6) is 0.691. The lowest BCUT2D eigenvalue weighted by atomic mass is 10.0. The van der Waals surface area contributed by atoms with Gasteiger partial charge in [0.25, 0.3) is 0 Å². The number of rotatable bonds is 5. The maximum atomic E-state index is 11.9. The van der Waals surface area contributed by atoms with Gasteiger partial charge in [-0.25, -0.2) is 18.4 Å². The van der Waals surface area contributed by atoms with E-state index in [0.717, 1.165) is 48.4 Å². The monoisotopic (exact) mass is 430 g/mol. The molecule has 0 saturated carbocycles. The van der Waals surface area contributed by atoms with Crippen LogP contribution in [0.1, 0.15) is 18.4 Å². The number of fused-ring (bicyclic) bond motifs is 1. The Labute approximate surface area is 175 Å². The fourth-order valence-electron chi connectivity index (χ4n) is 3.66. The van der Waals surface area contributed by atoms with E-state index in [9.17, 15) is 8.42 Å². The van der Waals surface area contributed by atoms with Crippen LogP contribution in [0.25, 0.3) is 10.9 Å². The fourth-order valence-corrected chi connectivity index (χ4v) is 4.43. The van der Waals surface area contributed by atoms with Crippen LogP contribution in [0.5, 0.6) is 0 Å². The smallest absolute Gasteiger partial charge is 0.175 e. The molecule has 0 amide bonds. The average molecular weight is 431 g/mol. The second-order valence-electron chi connectivity index (χ2n) is 7.49. The van der Waals surface area contributed by atoms with Gasteiger partial charge in [0.05, 0.1) is 10.4 Å². The van der Waals surface area contributed by atoms with E-state index in [0.29, 0.717) is 5.82 Å². The van der Waals surface area contributed by atoms with E-state index in [4.69, 9.17) is 11.6 Å². The molecule has 2 heterocycles. The molecule has 0 spiro atoms. The molecular weight excluding hydrogens is 408 g/mol. The number of nitrogens with zero attached hydrogens (tertiary/aromatic N) is 3. The number of piperidine rings is 1. The molecule has 4 rings (SSSR count). The molecule has 1 aliphatic heterocycles. The molecule has 0 aliphatic carbocycles. The van der Waals surface area contributed by atoms with Crippen molar-refractivity contribution in [2.24, 2.45) is 0 Å². The zero-order valence-corrected chi connectivity index (χ0v) is 17.7. The summed E-state index contributed by atoms with van der Waals surface area (Å²) in [5.41, 5.74) is 1.99. The van der Waals surface area contributed by atoms with Gasteiger partial charge in [-0.15, -0.1) is 0 Å². The SMILES string of the molecule is CS(=O)(=O)c1ccc2ncnc(NC3CCN(Cc4ccc(Cl)cc4)CC3)c2c1. The molecule has 0 unspecified atom stereocenters. The number of halogens is 1. The summed E-state index contributed by atoms with van der Waals surface area (Å²) >= 11 is 5.96. The van der Waals surface area contributed by atoms with Crippen molar-refractivity contribution in [2.75, 3.05) is 24.7 Å². The van der Waals surface area contributed by atoms with Crippen molar-refractivity contribution in [3.05, 3.63) is 59.4 Å². The van der Waals surface area contributed by atoms with Crippen LogP contribution in [-0.2, 0) is 16.4 Å². The normalized spacial score (nSPS) is 16.2. The summed E-state index contributed by atoms with van der Waals surface area (Å²) in [5, 5.41) is 5.00. The number of hydrogen-bond acceptors (Lipinski definition) is 6. The first-order valence-corrected chi connectivity index (χ1v) is 11.8. The highest BCUT2D eigenvalue weighted by atomic mass is 35.5. The Bertz CT molecular complexity index is 1110. The summed E-state index contributed by atoms with van der Waals surface area (Å²) in [4.78, 5) is 11.3. The predicted octanol–water partition coefficient (Wildman–Crippen LogP) is 3.76. The first-order valence-electron chi connectivity index (χ1n) is 9.57. The van der Waals surface area contributed by atoms with Crippen LogP contribution in [0.15, 0.2) is 53.7 Å². The quantitative estimate of drug-likeness (QED) is 0.664. The summed E-state index contributed by atoms with van der Waals surface area (Å²) in [6, 6.07) is 13.3. The van der Waals surface area contributed by atoms with Crippen molar-refractivity contribution in [1.29, 1.82) is 0 Å². The van der Waals surface area contributed by atoms with E-state index < -0.39 is 9.84 Å². The fraction of sp³-hybridized carbons (Fsp3) is 0.333. The second-order valence-corrected chi connectivity index (χ2v) is 9.95. The molecule has 6 nitrogen and oxygen atoms in total. The predicted molar refractivity (Wildman–Crippen MR) is 116 cm³/mol. The number of benzene rings is 2. The molecule has 152 valence electrons. The molecule has 0 atom stereocenters. The van der Waals surface area contributed by atoms with Gasteiger partial charge in [0.15, 0.2) is 9.84 Å². The lowest BCUT2D eigenvalue weighted by Gasteiger charge is -2.32. The molecule has 1 aromatic heterocycles. The maximum absolute atomic E-state index is 11.9. The van der Waals surface area contributed by atoms with Crippen molar-refractivity contribution in [1.82, 2.24) is 14.9 Å². The third-order valence-electron chi connectivity index (χ3n) is 5.28. The molecular formula is C21H23ClN4O2S. The Balaban J connectivity index is 1.44. The van der Waals surface area contributed by atoms with Crippen LogP contribution < -0.4 is 5.32 Å². The molecule has 0 bridgehead atoms. The van der Waals surface area contributed by atoms with Crippen LogP contribution >= 0.6 is 11.6 Å². The number of anilines is 1. The summed E-state index contributed by atoms with van der Waals surface area (Å²) < 4.78 is 23.8. The van der Waals surface area contributed by atoms with Crippen molar-refractivity contribution in [2.45, 2.75) is 30.3 Å². The van der Waals surface area contributed by atoms with Gasteiger partial charge in [-0.2, -0.15) is 0 Å². The largest absolute Gasteiger partial charge is 0.367 e. The zero-order chi connectivity index (χ0) is 20.4. The van der Waals surface area contributed by atoms with E-state index in [1.54, 1.807) is 18.2 Å². The standard InChI is InChI=1S/C21H23ClN4O2S/c1-29(27,28)18-6-7-20-19(12-18)21(24-14-23-20)25-17-8-10-26(11-9-17)13-15-2-4-16(22)5-3-15/h2-7,12,14,17H,8-11,13H2,1H3,(H,23,24,25). The molecule has 1 N–H and O–H groups in total. The highest BCUT2D eigenvalue weighted by molar-refractivity contribution is 7.90. The van der Waals surface area contributed by atoms with Gasteiger partial charge in [0.1, 0.15) is 12.1 Å². The Hall–Kier alpha value is -2.22. The van der Waals surface area contributed by atoms with Crippen molar-refractivity contribution < 1.29 is 8.42 Å². The Morgan fingerprint density at radius 2 is 1.83 bits per heavy atom. The van der Waals surface area contributed by atoms with Crippen LogP contribution in [0.3, 0.4) is 0 Å². The van der Waals surface area contributed by atoms with E-state index in [1.165, 1.54) is 18.1 Å². The molecule has 3 aromatic rings. The highest BCUT2D eigenvalue weighted by Crippen LogP contribution is 2.25. The number of nitrogens with one attached hydrogen (secondary N) is 1. The molecule has 2 aromatic carbocycles. The van der Waals surface area contributed by atoms with E-state index >= 15 is 0 Å². The summed E-state index contributed by atoms with van der Waals surface area (Å²) in [6.45, 7) is 2.88. The summed E-state index contributed by atoms with van der Waals surface area (Å²) in [7, 11) is -3.28. The minimum Gasteiger partial charge on any atom is -0.367 e. The molecule has 1 fully saturated rings. The lowest BCUT2D eigenvalue weighted by Crippen LogP contribution is -2.38. The Morgan fingerprint density at radius 3 is 2.52 bits per heavy atom. The zero-order valence-electron chi connectivity index (χ0n) is 16.2. The molecule has 0 radical (unpaired) electrons. The minimum absolute atomic E-state index is 0.278. The average Bonchev–Trinajstić information content (AvgIpc) is 2.70. The molecule has 1 saturated heterocycles. The third-order valence-corrected chi connectivity index (χ3v) is 6.65. The van der Waals surface area contributed by atoms with Crippen LogP contribution in [0.2, 0.25) is 5.02 Å². The number of hydrogen-bond donors (Lipinski definition) is 1. The van der Waals surface area contributed by atoms with Gasteiger partial charge in [-0.3, -0.25) is 4.90 Å². The van der Waals surface area contributed by atoms with E-state index in [-0.39, 0.29) is 10.9 Å². The van der Waals surface area contributed by atoms with Crippen LogP contribution in [0.4, 0.5) is 5.82 Å². The summed E-state index contributed by atoms with van der Waals surface area (Å²) in [6.07, 6.45) is 4.71. The number of likely N-dealkylation sites (tertiary alicyclic amines) is 1. The van der Waals surface area contributed by atoms with Crippen LogP contribution in [0, 0.1) is 0 Å². The van der Waals surface area contributed by atoms with Gasteiger partial charge in [0, 0.05) is 42.3 Å². The maximum Gasteiger partial charge on any atom is 0.175 e. The lowest BCUT2D eigenvalue weighted by molar-refractivity contribution is 0.211. The Morgan fingerprint density at radius 1 is 1.10 bits per heavy atom. The van der Waals surface area contributed by atoms with Gasteiger partial charge in [0.2, 0.25) is 0 Å². The van der Waals surface area contributed by atoms with E-state index in [2.05, 4.69) is 32.3 Å². The number of aromatic nitrogens is 2. The highest BCUT2D eigenvalue weighted by Gasteiger charge is 2.20.